The van der Waals surface area contributed by atoms with Crippen LogP contribution in [0.25, 0.3) is 22.9 Å². The number of halogens is 1. The Morgan fingerprint density at radius 3 is 2.62 bits per heavy atom. The molecular weight excluding hydrogens is 494 g/mol. The molecule has 4 aliphatic heterocycles. The van der Waals surface area contributed by atoms with E-state index in [1.165, 1.54) is 6.42 Å². The largest absolute Gasteiger partial charge is 0.416 e. The first-order chi connectivity index (χ1) is 16.6. The molecule has 178 valence electrons. The maximum atomic E-state index is 10.9. The minimum atomic E-state index is -0.228. The van der Waals surface area contributed by atoms with Gasteiger partial charge in [0.25, 0.3) is 0 Å². The molecule has 4 aliphatic rings. The summed E-state index contributed by atoms with van der Waals surface area (Å²) in [4.78, 5) is 9.40. The fraction of sp³-hybridized carbons (Fsp3) is 0.500. The minimum absolute atomic E-state index is 0.228. The van der Waals surface area contributed by atoms with E-state index in [0.717, 1.165) is 85.4 Å². The number of anilines is 2. The number of piperidine rings is 2. The number of hydrogen-bond donors (Lipinski definition) is 1. The van der Waals surface area contributed by atoms with E-state index in [9.17, 15) is 5.11 Å². The third-order valence-corrected chi connectivity index (χ3v) is 8.11. The molecular formula is C26H30BrN5O2. The topological polar surface area (TPSA) is 78.5 Å². The molecule has 2 unspecified atom stereocenters. The molecule has 1 N–H and O–H groups in total. The van der Waals surface area contributed by atoms with Crippen molar-refractivity contribution >= 4 is 27.4 Å². The highest BCUT2D eigenvalue weighted by Crippen LogP contribution is 2.37. The van der Waals surface area contributed by atoms with Crippen LogP contribution in [0.5, 0.6) is 0 Å². The van der Waals surface area contributed by atoms with Crippen molar-refractivity contribution in [3.63, 3.8) is 0 Å². The third-order valence-electron chi connectivity index (χ3n) is 7.62. The van der Waals surface area contributed by atoms with Crippen LogP contribution in [0, 0.1) is 11.8 Å². The summed E-state index contributed by atoms with van der Waals surface area (Å²) in [6, 6.07) is 10.2. The predicted molar refractivity (Wildman–Crippen MR) is 136 cm³/mol. The van der Waals surface area contributed by atoms with Crippen LogP contribution in [0.4, 0.5) is 11.5 Å². The van der Waals surface area contributed by atoms with E-state index >= 15 is 0 Å². The van der Waals surface area contributed by atoms with Crippen molar-refractivity contribution < 1.29 is 9.52 Å². The highest BCUT2D eigenvalue weighted by Gasteiger charge is 2.28. The van der Waals surface area contributed by atoms with Crippen LogP contribution in [-0.4, -0.2) is 52.6 Å². The standard InChI is InChI=1S/C26H30BrN5O2/c27-20-3-4-22-23(15-20)31-10-6-17(7-11-31)12-21(33)13-18-2-1-9-32(16-18)24-14-19(5-8-28-24)25-29-30-26(22)34-25/h3-5,8,14-15,17-18,21,33H,1-2,6-7,9-13,16H2. The Labute approximate surface area is 208 Å². The van der Waals surface area contributed by atoms with Gasteiger partial charge >= 0.3 is 0 Å². The summed E-state index contributed by atoms with van der Waals surface area (Å²) in [6.07, 6.45) is 7.83. The molecule has 2 fully saturated rings. The quantitative estimate of drug-likeness (QED) is 0.436. The summed E-state index contributed by atoms with van der Waals surface area (Å²) in [5.74, 6) is 3.04. The number of pyridine rings is 1. The van der Waals surface area contributed by atoms with Crippen LogP contribution in [0.15, 0.2) is 45.4 Å². The van der Waals surface area contributed by atoms with Gasteiger partial charge in [0.05, 0.1) is 17.4 Å². The van der Waals surface area contributed by atoms with Crippen molar-refractivity contribution in [1.82, 2.24) is 15.2 Å². The maximum Gasteiger partial charge on any atom is 0.250 e. The van der Waals surface area contributed by atoms with Gasteiger partial charge in [-0.1, -0.05) is 15.9 Å². The number of aliphatic hydroxyl groups is 1. The minimum Gasteiger partial charge on any atom is -0.416 e. The molecule has 0 amide bonds. The van der Waals surface area contributed by atoms with Crippen LogP contribution in [0.3, 0.4) is 0 Å². The molecule has 0 aliphatic carbocycles. The van der Waals surface area contributed by atoms with Crippen LogP contribution in [0.1, 0.15) is 38.5 Å². The highest BCUT2D eigenvalue weighted by molar-refractivity contribution is 9.10. The molecule has 0 spiro atoms. The van der Waals surface area contributed by atoms with Crippen LogP contribution >= 0.6 is 15.9 Å². The zero-order valence-corrected chi connectivity index (χ0v) is 20.8. The predicted octanol–water partition coefficient (Wildman–Crippen LogP) is 5.15. The van der Waals surface area contributed by atoms with Gasteiger partial charge in [-0.25, -0.2) is 4.98 Å². The fourth-order valence-corrected chi connectivity index (χ4v) is 6.21. The number of benzene rings is 1. The number of hydrogen-bond acceptors (Lipinski definition) is 7. The van der Waals surface area contributed by atoms with Gasteiger partial charge in [-0.3, -0.25) is 0 Å². The summed E-state index contributed by atoms with van der Waals surface area (Å²) < 4.78 is 7.25. The molecule has 2 atom stereocenters. The van der Waals surface area contributed by atoms with Gasteiger partial charge in [-0.15, -0.1) is 10.2 Å². The molecule has 2 aromatic heterocycles. The molecule has 0 saturated carbocycles. The fourth-order valence-electron chi connectivity index (χ4n) is 5.86. The normalized spacial score (nSPS) is 24.9. The first-order valence-electron chi connectivity index (χ1n) is 12.4. The van der Waals surface area contributed by atoms with Gasteiger partial charge in [-0.05, 0) is 80.7 Å². The molecule has 34 heavy (non-hydrogen) atoms. The Kier molecular flexibility index (Phi) is 6.03. The Balaban J connectivity index is 1.40. The molecule has 7 rings (SSSR count). The van der Waals surface area contributed by atoms with E-state index < -0.39 is 0 Å². The second kappa shape index (κ2) is 9.30. The summed E-state index contributed by atoms with van der Waals surface area (Å²) in [6.45, 7) is 3.85. The summed E-state index contributed by atoms with van der Waals surface area (Å²) >= 11 is 3.64. The second-order valence-electron chi connectivity index (χ2n) is 9.99. The lowest BCUT2D eigenvalue weighted by molar-refractivity contribution is 0.104. The number of aromatic nitrogens is 3. The van der Waals surface area contributed by atoms with Crippen molar-refractivity contribution in [2.75, 3.05) is 36.0 Å². The highest BCUT2D eigenvalue weighted by atomic mass is 79.9. The molecule has 8 bridgehead atoms. The smallest absolute Gasteiger partial charge is 0.250 e. The van der Waals surface area contributed by atoms with Gasteiger partial charge in [-0.2, -0.15) is 0 Å². The molecule has 2 saturated heterocycles. The second-order valence-corrected chi connectivity index (χ2v) is 10.9. The lowest BCUT2D eigenvalue weighted by Crippen LogP contribution is -2.38. The van der Waals surface area contributed by atoms with Gasteiger partial charge in [0, 0.05) is 42.4 Å². The van der Waals surface area contributed by atoms with Gasteiger partial charge in [0.1, 0.15) is 5.82 Å². The molecule has 8 heteroatoms. The van der Waals surface area contributed by atoms with Crippen molar-refractivity contribution in [2.24, 2.45) is 11.8 Å². The Bertz CT molecular complexity index is 1160. The van der Waals surface area contributed by atoms with Crippen LogP contribution in [-0.2, 0) is 0 Å². The summed E-state index contributed by atoms with van der Waals surface area (Å²) in [5, 5.41) is 19.8. The lowest BCUT2D eigenvalue weighted by Gasteiger charge is -2.37. The summed E-state index contributed by atoms with van der Waals surface area (Å²) in [7, 11) is 0. The van der Waals surface area contributed by atoms with Crippen molar-refractivity contribution in [3.8, 4) is 22.9 Å². The average Bonchev–Trinajstić information content (AvgIpc) is 3.34. The zero-order valence-electron chi connectivity index (χ0n) is 19.2. The van der Waals surface area contributed by atoms with E-state index in [4.69, 9.17) is 4.42 Å². The first-order valence-corrected chi connectivity index (χ1v) is 13.2. The Morgan fingerprint density at radius 2 is 1.74 bits per heavy atom. The maximum absolute atomic E-state index is 10.9. The number of fused-ring (bicyclic) bond motifs is 4. The molecule has 6 heterocycles. The number of aliphatic hydroxyl groups excluding tert-OH is 1. The molecule has 0 radical (unpaired) electrons. The van der Waals surface area contributed by atoms with E-state index in [1.54, 1.807) is 0 Å². The van der Waals surface area contributed by atoms with Crippen molar-refractivity contribution in [2.45, 2.75) is 44.6 Å². The van der Waals surface area contributed by atoms with Crippen molar-refractivity contribution in [1.29, 1.82) is 0 Å². The number of nitrogens with zero attached hydrogens (tertiary/aromatic N) is 5. The van der Waals surface area contributed by atoms with E-state index in [-0.39, 0.29) is 6.10 Å². The average molecular weight is 524 g/mol. The molecule has 3 aromatic rings. The van der Waals surface area contributed by atoms with Gasteiger partial charge in [0.15, 0.2) is 0 Å². The Morgan fingerprint density at radius 1 is 0.912 bits per heavy atom. The van der Waals surface area contributed by atoms with E-state index in [0.29, 0.717) is 23.6 Å². The van der Waals surface area contributed by atoms with Gasteiger partial charge in [0.2, 0.25) is 11.8 Å². The summed E-state index contributed by atoms with van der Waals surface area (Å²) in [5.41, 5.74) is 2.95. The van der Waals surface area contributed by atoms with Crippen molar-refractivity contribution in [3.05, 3.63) is 41.0 Å². The third kappa shape index (κ3) is 4.45. The first kappa shape index (κ1) is 22.0. The SMILES string of the molecule is OC1CC2CCN(CC2)c2cc(Br)ccc2-c2nnc(o2)-c2ccnc(c2)N2CCCC(C1)C2. The van der Waals surface area contributed by atoms with E-state index in [1.807, 2.05) is 24.4 Å². The van der Waals surface area contributed by atoms with Gasteiger partial charge < -0.3 is 19.3 Å². The zero-order chi connectivity index (χ0) is 23.1. The van der Waals surface area contributed by atoms with Crippen LogP contribution < -0.4 is 9.80 Å². The number of rotatable bonds is 0. The molecule has 1 aromatic carbocycles. The van der Waals surface area contributed by atoms with E-state index in [2.05, 4.69) is 53.0 Å². The Hall–Kier alpha value is -2.45. The lowest BCUT2D eigenvalue weighted by atomic mass is 9.85. The molecule has 7 nitrogen and oxygen atoms in total. The monoisotopic (exact) mass is 523 g/mol. The van der Waals surface area contributed by atoms with Crippen LogP contribution in [0.2, 0.25) is 0 Å².